The Bertz CT molecular complexity index is 60.9. The molecule has 0 N–H and O–H groups in total. The van der Waals surface area contributed by atoms with Crippen molar-refractivity contribution in [3.8, 4) is 0 Å². The molecule has 0 rings (SSSR count). The molecule has 0 aromatic rings. The monoisotopic (exact) mass is 218 g/mol. The first-order valence-electron chi connectivity index (χ1n) is 2.79. The van der Waals surface area contributed by atoms with Crippen LogP contribution in [0.5, 0.6) is 0 Å². The maximum atomic E-state index is 2.61. The van der Waals surface area contributed by atoms with E-state index in [1.165, 1.54) is 54.9 Å². The summed E-state index contributed by atoms with van der Waals surface area (Å²) < 4.78 is 5.22. The van der Waals surface area contributed by atoms with Gasteiger partial charge >= 0.3 is 91.6 Å². The molecule has 0 saturated heterocycles. The Balaban J connectivity index is 0. The molecular formula is CH11Al5N2S. The number of nitrogens with zero attached hydrogens (tertiary/aromatic N) is 2. The summed E-state index contributed by atoms with van der Waals surface area (Å²) in [5.41, 5.74) is 0. The van der Waals surface area contributed by atoms with Crippen LogP contribution in [-0.4, -0.2) is 91.6 Å². The van der Waals surface area contributed by atoms with Gasteiger partial charge in [0.15, 0.2) is 0 Å². The number of hydrogen-bond donors (Lipinski definition) is 0. The average Bonchev–Trinajstić information content (AvgIpc) is 1.65. The molecular weight excluding hydrogens is 207 g/mol. The largest absolute Gasteiger partial charge is 0.813 e. The molecule has 0 atom stereocenters. The Kier molecular flexibility index (Phi) is 14.5. The van der Waals surface area contributed by atoms with Crippen LogP contribution in [0.4, 0.5) is 0 Å². The molecule has 0 unspecified atom stereocenters. The molecule has 0 heterocycles. The molecule has 0 saturated carbocycles. The van der Waals surface area contributed by atoms with Gasteiger partial charge in [-0.3, -0.25) is 0 Å². The third-order valence-corrected chi connectivity index (χ3v) is 7.55. The van der Waals surface area contributed by atoms with E-state index in [-0.39, 0.29) is 29.2 Å². The maximum Gasteiger partial charge on any atom is -0.813 e. The third-order valence-electron chi connectivity index (χ3n) is 0.906. The Morgan fingerprint density at radius 3 is 1.89 bits per heavy atom. The number of hydrogen-bond acceptors (Lipinski definition) is 3. The van der Waals surface area contributed by atoms with Crippen molar-refractivity contribution in [2.45, 2.75) is 0 Å². The summed E-state index contributed by atoms with van der Waals surface area (Å²) in [6, 6.07) is 0. The van der Waals surface area contributed by atoms with Crippen molar-refractivity contribution >= 4 is 95.0 Å². The summed E-state index contributed by atoms with van der Waals surface area (Å²) in [7, 11) is 0. The molecule has 0 radical (unpaired) electrons. The first-order chi connectivity index (χ1) is 3.66. The van der Waals surface area contributed by atoms with E-state index in [1.54, 1.807) is 0 Å². The minimum Gasteiger partial charge on any atom is -0.813 e. The molecule has 0 aromatic carbocycles. The van der Waals surface area contributed by atoms with Gasteiger partial charge in [-0.15, -0.1) is 0 Å². The Morgan fingerprint density at radius 2 is 1.78 bits per heavy atom. The maximum absolute atomic E-state index is 2.61. The van der Waals surface area contributed by atoms with Crippen LogP contribution in [0.25, 0.3) is 0 Å². The van der Waals surface area contributed by atoms with Crippen molar-refractivity contribution in [1.82, 2.24) is 4.72 Å². The van der Waals surface area contributed by atoms with Gasteiger partial charge in [-0.2, -0.15) is 0 Å². The average molecular weight is 218 g/mol. The molecule has 0 spiro atoms. The molecule has 8 heteroatoms. The van der Waals surface area contributed by atoms with Crippen LogP contribution in [0.15, 0.2) is 0 Å². The summed E-state index contributed by atoms with van der Waals surface area (Å²) >= 11 is 6.13. The van der Waals surface area contributed by atoms with Gasteiger partial charge in [-0.05, 0) is 0 Å². The second-order valence-electron chi connectivity index (χ2n) is 2.30. The molecule has 0 aromatic heterocycles. The molecule has 0 bridgehead atoms. The quantitative estimate of drug-likeness (QED) is 0.266. The minimum absolute atomic E-state index is 0. The zero-order valence-corrected chi connectivity index (χ0v) is 16.2. The van der Waals surface area contributed by atoms with Gasteiger partial charge in [0.05, 0.1) is 0 Å². The summed E-state index contributed by atoms with van der Waals surface area (Å²) in [6.45, 7) is 0. The van der Waals surface area contributed by atoms with E-state index in [0.29, 0.717) is 0 Å². The summed E-state index contributed by atoms with van der Waals surface area (Å²) in [6.07, 6.45) is 0. The van der Waals surface area contributed by atoms with E-state index in [4.69, 9.17) is 0 Å². The Morgan fingerprint density at radius 1 is 1.33 bits per heavy atom. The van der Waals surface area contributed by atoms with Gasteiger partial charge in [-0.25, -0.2) is 0 Å². The van der Waals surface area contributed by atoms with E-state index in [2.05, 4.69) is 21.0 Å². The van der Waals surface area contributed by atoms with Crippen molar-refractivity contribution in [3.63, 3.8) is 0 Å². The molecule has 0 fully saturated rings. The number of rotatable bonds is 3. The SMILES string of the molecule is [AlH+][CH2][N]([AlH2])[AlH][N]([AlH2])[AlH2].[SH-]. The summed E-state index contributed by atoms with van der Waals surface area (Å²) in [5.74, 6) is 0. The van der Waals surface area contributed by atoms with E-state index in [9.17, 15) is 0 Å². The fourth-order valence-corrected chi connectivity index (χ4v) is 10.1. The predicted octanol–water partition coefficient (Wildman–Crippen LogP) is -4.91. The van der Waals surface area contributed by atoms with Gasteiger partial charge in [0, 0.05) is 0 Å². The van der Waals surface area contributed by atoms with Crippen molar-refractivity contribution in [3.05, 3.63) is 0 Å². The predicted molar refractivity (Wildman–Crippen MR) is 57.2 cm³/mol. The molecule has 2 nitrogen and oxygen atoms in total. The molecule has 9 heavy (non-hydrogen) atoms. The van der Waals surface area contributed by atoms with Gasteiger partial charge in [0.1, 0.15) is 0 Å². The normalized spacial score (nSPS) is 9.00. The third kappa shape index (κ3) is 10.9. The van der Waals surface area contributed by atoms with Crippen LogP contribution < -0.4 is 0 Å². The van der Waals surface area contributed by atoms with Gasteiger partial charge < -0.3 is 13.5 Å². The fraction of sp³-hybridized carbons (Fsp3) is 1.00. The zero-order valence-electron chi connectivity index (χ0n) is 6.46. The van der Waals surface area contributed by atoms with E-state index >= 15 is 0 Å². The van der Waals surface area contributed by atoms with Crippen LogP contribution in [-0.2, 0) is 13.5 Å². The van der Waals surface area contributed by atoms with E-state index < -0.39 is 0 Å². The Labute approximate surface area is 104 Å². The standard InChI is InChI=1S/CH2N.5Al.N.H2S.8H/c1-2;;;;;;;;;;;;;;;/h1H2;;;;;;;1H2;;;;;;;;/q;;;;;+1;;;;;;;;;;/p-1. The molecule has 0 amide bonds. The first-order valence-corrected chi connectivity index (χ1v) is 7.74. The molecule has 0 aliphatic rings. The van der Waals surface area contributed by atoms with Crippen molar-refractivity contribution in [2.24, 2.45) is 0 Å². The number of thiol groups is 1. The second kappa shape index (κ2) is 9.02. The summed E-state index contributed by atoms with van der Waals surface area (Å²) in [4.78, 5) is 0. The van der Waals surface area contributed by atoms with Crippen molar-refractivity contribution < 1.29 is 0 Å². The van der Waals surface area contributed by atoms with E-state index in [1.807, 2.05) is 0 Å². The van der Waals surface area contributed by atoms with Crippen LogP contribution in [0.1, 0.15) is 0 Å². The first kappa shape index (κ1) is 14.5. The van der Waals surface area contributed by atoms with Gasteiger partial charge in [-0.1, -0.05) is 0 Å². The van der Waals surface area contributed by atoms with Gasteiger partial charge in [0.25, 0.3) is 0 Å². The van der Waals surface area contributed by atoms with Crippen LogP contribution >= 0.6 is 0 Å². The van der Waals surface area contributed by atoms with E-state index in [0.717, 1.165) is 0 Å². The van der Waals surface area contributed by atoms with Crippen molar-refractivity contribution in [2.75, 3.05) is 5.41 Å². The molecule has 46 valence electrons. The molecule has 0 aliphatic carbocycles. The minimum atomic E-state index is 0. The van der Waals surface area contributed by atoms with Gasteiger partial charge in [0.2, 0.25) is 0 Å². The molecule has 0 aliphatic heterocycles. The summed E-state index contributed by atoms with van der Waals surface area (Å²) in [5, 5.41) is 1.32. The second-order valence-corrected chi connectivity index (χ2v) is 15.3. The zero-order chi connectivity index (χ0) is 6.57. The van der Waals surface area contributed by atoms with Crippen LogP contribution in [0.3, 0.4) is 0 Å². The van der Waals surface area contributed by atoms with Crippen LogP contribution in [0, 0.1) is 0 Å². The smallest absolute Gasteiger partial charge is 0.813 e. The fourth-order valence-electron chi connectivity index (χ4n) is 0.554. The van der Waals surface area contributed by atoms with Crippen LogP contribution in [0.2, 0.25) is 0 Å². The Hall–Kier alpha value is 2.93. The topological polar surface area (TPSA) is 6.48 Å². The van der Waals surface area contributed by atoms with Crippen molar-refractivity contribution in [1.29, 1.82) is 0 Å².